The predicted molar refractivity (Wildman–Crippen MR) is 92.8 cm³/mol. The molecule has 2 aromatic heterocycles. The van der Waals surface area contributed by atoms with Crippen LogP contribution in [0, 0.1) is 10.1 Å². The van der Waals surface area contributed by atoms with E-state index in [2.05, 4.69) is 10.1 Å². The molecular formula is C17H10N4O5. The van der Waals surface area contributed by atoms with Crippen molar-refractivity contribution < 1.29 is 14.8 Å². The van der Waals surface area contributed by atoms with Crippen molar-refractivity contribution in [3.8, 4) is 5.69 Å². The second-order valence-electron chi connectivity index (χ2n) is 5.57. The molecular weight excluding hydrogens is 340 g/mol. The number of aromatic nitrogens is 3. The number of hydrogen-bond acceptors (Lipinski definition) is 5. The maximum absolute atomic E-state index is 12.7. The highest BCUT2D eigenvalue weighted by Crippen LogP contribution is 2.25. The molecule has 9 heteroatoms. The van der Waals surface area contributed by atoms with Crippen LogP contribution in [0.25, 0.3) is 27.6 Å². The summed E-state index contributed by atoms with van der Waals surface area (Å²) in [7, 11) is 0. The minimum absolute atomic E-state index is 0.110. The Morgan fingerprint density at radius 2 is 1.96 bits per heavy atom. The van der Waals surface area contributed by atoms with Crippen LogP contribution in [0.2, 0.25) is 0 Å². The lowest BCUT2D eigenvalue weighted by atomic mass is 10.2. The molecule has 0 saturated carbocycles. The van der Waals surface area contributed by atoms with Crippen LogP contribution >= 0.6 is 0 Å². The van der Waals surface area contributed by atoms with Crippen molar-refractivity contribution in [2.45, 2.75) is 0 Å². The average Bonchev–Trinajstić information content (AvgIpc) is 2.98. The van der Waals surface area contributed by atoms with Crippen molar-refractivity contribution in [2.24, 2.45) is 0 Å². The number of carbonyl (C=O) groups is 1. The first-order chi connectivity index (χ1) is 12.5. The van der Waals surface area contributed by atoms with Crippen LogP contribution in [-0.4, -0.2) is 30.8 Å². The molecule has 0 aliphatic rings. The number of aromatic amines is 1. The van der Waals surface area contributed by atoms with Crippen LogP contribution in [0.4, 0.5) is 5.69 Å². The van der Waals surface area contributed by atoms with Gasteiger partial charge in [-0.3, -0.25) is 14.9 Å². The Morgan fingerprint density at radius 1 is 1.19 bits per heavy atom. The van der Waals surface area contributed by atoms with Crippen LogP contribution in [0.5, 0.6) is 0 Å². The number of nitro benzene ring substituents is 1. The molecule has 0 aliphatic heterocycles. The fourth-order valence-electron chi connectivity index (χ4n) is 2.88. The molecule has 0 spiro atoms. The molecule has 2 aromatic carbocycles. The number of carboxylic acids is 1. The number of carboxylic acid groups (broad SMARTS) is 1. The summed E-state index contributed by atoms with van der Waals surface area (Å²) in [5, 5.41) is 25.4. The van der Waals surface area contributed by atoms with Gasteiger partial charge in [-0.25, -0.2) is 4.79 Å². The van der Waals surface area contributed by atoms with E-state index in [9.17, 15) is 24.8 Å². The maximum Gasteiger partial charge on any atom is 0.343 e. The summed E-state index contributed by atoms with van der Waals surface area (Å²) in [6.07, 6.45) is 0. The second-order valence-corrected chi connectivity index (χ2v) is 5.57. The van der Waals surface area contributed by atoms with Crippen LogP contribution in [0.1, 0.15) is 10.4 Å². The van der Waals surface area contributed by atoms with Crippen LogP contribution < -0.4 is 5.56 Å². The number of aromatic carboxylic acids is 1. The topological polar surface area (TPSA) is 131 Å². The minimum atomic E-state index is -1.41. The van der Waals surface area contributed by atoms with E-state index < -0.39 is 22.0 Å². The molecule has 0 amide bonds. The molecule has 4 aromatic rings. The normalized spacial score (nSPS) is 11.1. The molecule has 0 saturated heterocycles. The number of fused-ring (bicyclic) bond motifs is 3. The van der Waals surface area contributed by atoms with Gasteiger partial charge in [0.25, 0.3) is 11.2 Å². The highest BCUT2D eigenvalue weighted by molar-refractivity contribution is 6.11. The lowest BCUT2D eigenvalue weighted by Gasteiger charge is -2.06. The van der Waals surface area contributed by atoms with Gasteiger partial charge < -0.3 is 10.1 Å². The summed E-state index contributed by atoms with van der Waals surface area (Å²) in [5.41, 5.74) is -0.427. The van der Waals surface area contributed by atoms with Crippen molar-refractivity contribution in [2.75, 3.05) is 0 Å². The van der Waals surface area contributed by atoms with E-state index in [1.807, 2.05) is 0 Å². The first kappa shape index (κ1) is 15.5. The number of rotatable bonds is 3. The number of para-hydroxylation sites is 1. The Morgan fingerprint density at radius 3 is 2.69 bits per heavy atom. The van der Waals surface area contributed by atoms with E-state index >= 15 is 0 Å². The van der Waals surface area contributed by atoms with Crippen molar-refractivity contribution in [1.82, 2.24) is 14.8 Å². The number of nitro groups is 1. The van der Waals surface area contributed by atoms with Gasteiger partial charge >= 0.3 is 5.97 Å². The van der Waals surface area contributed by atoms with Gasteiger partial charge in [0, 0.05) is 23.0 Å². The second kappa shape index (κ2) is 5.52. The summed E-state index contributed by atoms with van der Waals surface area (Å²) in [4.78, 5) is 37.7. The highest BCUT2D eigenvalue weighted by atomic mass is 16.6. The molecule has 128 valence electrons. The van der Waals surface area contributed by atoms with Gasteiger partial charge in [-0.2, -0.15) is 9.78 Å². The van der Waals surface area contributed by atoms with Gasteiger partial charge in [0.05, 0.1) is 16.1 Å². The van der Waals surface area contributed by atoms with Gasteiger partial charge in [-0.15, -0.1) is 0 Å². The minimum Gasteiger partial charge on any atom is -0.477 e. The summed E-state index contributed by atoms with van der Waals surface area (Å²) in [6.45, 7) is 0. The lowest BCUT2D eigenvalue weighted by molar-refractivity contribution is -0.384. The van der Waals surface area contributed by atoms with Crippen LogP contribution in [0.15, 0.2) is 53.3 Å². The van der Waals surface area contributed by atoms with Crippen LogP contribution in [0.3, 0.4) is 0 Å². The molecule has 0 radical (unpaired) electrons. The number of nitrogens with one attached hydrogen (secondary N) is 1. The molecule has 26 heavy (non-hydrogen) atoms. The van der Waals surface area contributed by atoms with Crippen molar-refractivity contribution in [1.29, 1.82) is 0 Å². The standard InChI is InChI=1S/C17H10N4O5/c22-16-13(17(23)24)15-14(11-6-1-2-7-12(11)18-15)19-20(16)9-4-3-5-10(8-9)21(25)26/h1-8,18H,(H,23,24). The number of non-ortho nitro benzene ring substituents is 1. The molecule has 0 atom stereocenters. The fourth-order valence-corrected chi connectivity index (χ4v) is 2.88. The average molecular weight is 350 g/mol. The molecule has 0 fully saturated rings. The third-order valence-electron chi connectivity index (χ3n) is 4.03. The largest absolute Gasteiger partial charge is 0.477 e. The molecule has 4 rings (SSSR count). The Labute approximate surface area is 144 Å². The predicted octanol–water partition coefficient (Wildman–Crippen LogP) is 2.47. The zero-order valence-corrected chi connectivity index (χ0v) is 13.0. The van der Waals surface area contributed by atoms with E-state index in [1.165, 1.54) is 24.3 Å². The monoisotopic (exact) mass is 350 g/mol. The smallest absolute Gasteiger partial charge is 0.343 e. The van der Waals surface area contributed by atoms with E-state index in [1.54, 1.807) is 24.3 Å². The molecule has 2 N–H and O–H groups in total. The summed E-state index contributed by atoms with van der Waals surface area (Å²) >= 11 is 0. The third-order valence-corrected chi connectivity index (χ3v) is 4.03. The third kappa shape index (κ3) is 2.22. The zero-order chi connectivity index (χ0) is 18.4. The van der Waals surface area contributed by atoms with Gasteiger partial charge in [-0.1, -0.05) is 24.3 Å². The lowest BCUT2D eigenvalue weighted by Crippen LogP contribution is -2.27. The first-order valence-electron chi connectivity index (χ1n) is 7.49. The highest BCUT2D eigenvalue weighted by Gasteiger charge is 2.22. The van der Waals surface area contributed by atoms with Gasteiger partial charge in [0.2, 0.25) is 0 Å². The Hall–Kier alpha value is -4.01. The van der Waals surface area contributed by atoms with Crippen LogP contribution in [-0.2, 0) is 0 Å². The van der Waals surface area contributed by atoms with E-state index in [0.717, 1.165) is 4.68 Å². The first-order valence-corrected chi connectivity index (χ1v) is 7.49. The van der Waals surface area contributed by atoms with Gasteiger partial charge in [-0.05, 0) is 12.1 Å². The molecule has 9 nitrogen and oxygen atoms in total. The summed E-state index contributed by atoms with van der Waals surface area (Å²) in [5.74, 6) is -1.41. The van der Waals surface area contributed by atoms with Crippen molar-refractivity contribution >= 4 is 33.6 Å². The van der Waals surface area contributed by atoms with Crippen molar-refractivity contribution in [3.05, 3.63) is 74.6 Å². The molecule has 2 heterocycles. The molecule has 0 aliphatic carbocycles. The maximum atomic E-state index is 12.7. The Balaban J connectivity index is 2.13. The quantitative estimate of drug-likeness (QED) is 0.431. The zero-order valence-electron chi connectivity index (χ0n) is 13.0. The van der Waals surface area contributed by atoms with Crippen molar-refractivity contribution in [3.63, 3.8) is 0 Å². The molecule has 0 bridgehead atoms. The Kier molecular flexibility index (Phi) is 3.29. The number of H-pyrrole nitrogens is 1. The fraction of sp³-hybridized carbons (Fsp3) is 0. The number of nitrogens with zero attached hydrogens (tertiary/aromatic N) is 3. The Bertz CT molecular complexity index is 1270. The van der Waals surface area contributed by atoms with E-state index in [0.29, 0.717) is 16.4 Å². The van der Waals surface area contributed by atoms with E-state index in [-0.39, 0.29) is 16.9 Å². The number of benzene rings is 2. The summed E-state index contributed by atoms with van der Waals surface area (Å²) < 4.78 is 0.874. The van der Waals surface area contributed by atoms with Gasteiger partial charge in [0.15, 0.2) is 5.56 Å². The molecule has 0 unspecified atom stereocenters. The SMILES string of the molecule is O=C(O)c1c(=O)n(-c2cccc([N+](=O)[O-])c2)nc2c1[nH]c1ccccc12. The number of hydrogen-bond donors (Lipinski definition) is 2. The van der Waals surface area contributed by atoms with E-state index in [4.69, 9.17) is 0 Å². The summed E-state index contributed by atoms with van der Waals surface area (Å²) in [6, 6.07) is 12.3. The van der Waals surface area contributed by atoms with Gasteiger partial charge in [0.1, 0.15) is 5.52 Å².